The summed E-state index contributed by atoms with van der Waals surface area (Å²) in [5, 5.41) is 18.6. The van der Waals surface area contributed by atoms with E-state index in [1.807, 2.05) is 23.0 Å². The number of aromatic nitrogens is 2. The number of aliphatic hydroxyl groups is 1. The molecule has 1 aromatic heterocycles. The topological polar surface area (TPSA) is 50.1 Å². The van der Waals surface area contributed by atoms with E-state index in [4.69, 9.17) is 0 Å². The molecule has 0 saturated heterocycles. The summed E-state index contributed by atoms with van der Waals surface area (Å²) in [5.74, 6) is 0. The van der Waals surface area contributed by atoms with E-state index in [9.17, 15) is 5.11 Å². The zero-order chi connectivity index (χ0) is 13.7. The molecule has 1 unspecified atom stereocenters. The van der Waals surface area contributed by atoms with E-state index in [-0.39, 0.29) is 12.1 Å². The number of hydrogen-bond acceptors (Lipinski definition) is 3. The zero-order valence-electron chi connectivity index (χ0n) is 11.8. The highest BCUT2D eigenvalue weighted by molar-refractivity contribution is 5.78. The number of nitrogens with one attached hydrogen (secondary N) is 1. The number of para-hydroxylation sites is 1. The first-order valence-electron chi connectivity index (χ1n) is 6.95. The quantitative estimate of drug-likeness (QED) is 0.803. The lowest BCUT2D eigenvalue weighted by molar-refractivity contribution is 0.160. The van der Waals surface area contributed by atoms with E-state index < -0.39 is 0 Å². The fourth-order valence-corrected chi connectivity index (χ4v) is 2.21. The summed E-state index contributed by atoms with van der Waals surface area (Å²) in [7, 11) is 0. The Balaban J connectivity index is 2.04. The van der Waals surface area contributed by atoms with Gasteiger partial charge < -0.3 is 10.4 Å². The van der Waals surface area contributed by atoms with Gasteiger partial charge >= 0.3 is 0 Å². The Morgan fingerprint density at radius 1 is 1.37 bits per heavy atom. The summed E-state index contributed by atoms with van der Waals surface area (Å²) in [4.78, 5) is 0. The van der Waals surface area contributed by atoms with Crippen LogP contribution in [0.4, 0.5) is 0 Å². The van der Waals surface area contributed by atoms with Crippen LogP contribution in [-0.4, -0.2) is 33.6 Å². The minimum atomic E-state index is -0.233. The van der Waals surface area contributed by atoms with Crippen molar-refractivity contribution in [2.45, 2.75) is 38.8 Å². The molecule has 0 bridgehead atoms. The number of rotatable bonds is 7. The Bertz CT molecular complexity index is 523. The van der Waals surface area contributed by atoms with Crippen LogP contribution in [0.1, 0.15) is 26.7 Å². The van der Waals surface area contributed by atoms with Gasteiger partial charge in [0.25, 0.3) is 0 Å². The Kier molecular flexibility index (Phi) is 4.56. The molecule has 1 atom stereocenters. The Labute approximate surface area is 114 Å². The summed E-state index contributed by atoms with van der Waals surface area (Å²) in [6, 6.07) is 8.20. The molecule has 2 rings (SSSR count). The molecule has 0 saturated carbocycles. The third-order valence-electron chi connectivity index (χ3n) is 3.58. The van der Waals surface area contributed by atoms with Gasteiger partial charge in [-0.15, -0.1) is 0 Å². The largest absolute Gasteiger partial charge is 0.394 e. The normalized spacial score (nSPS) is 14.7. The number of aryl methyl sites for hydroxylation is 1. The molecule has 1 heterocycles. The molecular weight excluding hydrogens is 238 g/mol. The Morgan fingerprint density at radius 3 is 2.89 bits per heavy atom. The van der Waals surface area contributed by atoms with E-state index in [1.54, 1.807) is 0 Å². The van der Waals surface area contributed by atoms with Gasteiger partial charge in [0, 0.05) is 17.5 Å². The molecule has 0 aliphatic rings. The molecule has 0 radical (unpaired) electrons. The van der Waals surface area contributed by atoms with Gasteiger partial charge in [-0.05, 0) is 32.4 Å². The van der Waals surface area contributed by atoms with Crippen LogP contribution in [0.15, 0.2) is 30.5 Å². The van der Waals surface area contributed by atoms with Gasteiger partial charge in [-0.1, -0.05) is 25.1 Å². The lowest BCUT2D eigenvalue weighted by Gasteiger charge is -2.28. The molecule has 0 aliphatic heterocycles. The summed E-state index contributed by atoms with van der Waals surface area (Å²) in [6.45, 7) is 6.07. The summed E-state index contributed by atoms with van der Waals surface area (Å²) < 4.78 is 2.01. The third kappa shape index (κ3) is 3.33. The maximum Gasteiger partial charge on any atom is 0.0682 e. The molecule has 4 heteroatoms. The summed E-state index contributed by atoms with van der Waals surface area (Å²) >= 11 is 0. The van der Waals surface area contributed by atoms with E-state index in [2.05, 4.69) is 36.4 Å². The number of benzene rings is 1. The smallest absolute Gasteiger partial charge is 0.0682 e. The van der Waals surface area contributed by atoms with E-state index >= 15 is 0 Å². The van der Waals surface area contributed by atoms with Crippen molar-refractivity contribution in [3.05, 3.63) is 30.5 Å². The number of aliphatic hydroxyl groups excluding tert-OH is 1. The van der Waals surface area contributed by atoms with Gasteiger partial charge in [-0.25, -0.2) is 0 Å². The van der Waals surface area contributed by atoms with Gasteiger partial charge in [0.1, 0.15) is 0 Å². The Hall–Kier alpha value is -1.39. The van der Waals surface area contributed by atoms with Gasteiger partial charge in [0.2, 0.25) is 0 Å². The lowest BCUT2D eigenvalue weighted by atomic mass is 9.99. The Morgan fingerprint density at radius 2 is 2.16 bits per heavy atom. The van der Waals surface area contributed by atoms with Crippen molar-refractivity contribution in [3.8, 4) is 0 Å². The van der Waals surface area contributed by atoms with Gasteiger partial charge in [0.05, 0.1) is 18.3 Å². The maximum absolute atomic E-state index is 9.56. The van der Waals surface area contributed by atoms with Crippen LogP contribution in [0, 0.1) is 0 Å². The number of nitrogens with zero attached hydrogens (tertiary/aromatic N) is 2. The minimum absolute atomic E-state index is 0.145. The molecule has 104 valence electrons. The lowest BCUT2D eigenvalue weighted by Crippen LogP contribution is -2.46. The molecule has 0 spiro atoms. The van der Waals surface area contributed by atoms with Gasteiger partial charge in [0.15, 0.2) is 0 Å². The van der Waals surface area contributed by atoms with Gasteiger partial charge in [-0.2, -0.15) is 5.10 Å². The van der Waals surface area contributed by atoms with E-state index in [0.29, 0.717) is 0 Å². The average Bonchev–Trinajstić information content (AvgIpc) is 2.86. The molecular formula is C15H23N3O. The van der Waals surface area contributed by atoms with Gasteiger partial charge in [-0.3, -0.25) is 4.68 Å². The predicted octanol–water partition coefficient (Wildman–Crippen LogP) is 2.18. The first-order valence-corrected chi connectivity index (χ1v) is 6.95. The van der Waals surface area contributed by atoms with Crippen LogP contribution in [0.5, 0.6) is 0 Å². The second-order valence-electron chi connectivity index (χ2n) is 5.32. The predicted molar refractivity (Wildman–Crippen MR) is 78.1 cm³/mol. The molecule has 0 aliphatic carbocycles. The number of fused-ring (bicyclic) bond motifs is 1. The van der Waals surface area contributed by atoms with Crippen LogP contribution in [0.25, 0.3) is 10.9 Å². The third-order valence-corrected chi connectivity index (χ3v) is 3.58. The fraction of sp³-hybridized carbons (Fsp3) is 0.533. The first kappa shape index (κ1) is 14.0. The van der Waals surface area contributed by atoms with Crippen molar-refractivity contribution in [1.82, 2.24) is 15.1 Å². The van der Waals surface area contributed by atoms with Crippen LogP contribution >= 0.6 is 0 Å². The van der Waals surface area contributed by atoms with Crippen molar-refractivity contribution in [3.63, 3.8) is 0 Å². The van der Waals surface area contributed by atoms with Crippen LogP contribution in [0.3, 0.4) is 0 Å². The molecule has 2 aromatic rings. The van der Waals surface area contributed by atoms with Crippen LogP contribution < -0.4 is 5.32 Å². The van der Waals surface area contributed by atoms with Crippen molar-refractivity contribution in [2.75, 3.05) is 13.2 Å². The van der Waals surface area contributed by atoms with Crippen LogP contribution in [0.2, 0.25) is 0 Å². The highest BCUT2D eigenvalue weighted by Gasteiger charge is 2.22. The average molecular weight is 261 g/mol. The molecule has 0 amide bonds. The SMILES string of the molecule is CCCNC(C)(CO)CCn1ncc2ccccc21. The maximum atomic E-state index is 9.56. The fourth-order valence-electron chi connectivity index (χ4n) is 2.21. The minimum Gasteiger partial charge on any atom is -0.394 e. The van der Waals surface area contributed by atoms with Crippen molar-refractivity contribution in [1.29, 1.82) is 0 Å². The second kappa shape index (κ2) is 6.17. The molecule has 2 N–H and O–H groups in total. The monoisotopic (exact) mass is 261 g/mol. The van der Waals surface area contributed by atoms with Crippen molar-refractivity contribution >= 4 is 10.9 Å². The van der Waals surface area contributed by atoms with Crippen molar-refractivity contribution < 1.29 is 5.11 Å². The molecule has 19 heavy (non-hydrogen) atoms. The highest BCUT2D eigenvalue weighted by atomic mass is 16.3. The summed E-state index contributed by atoms with van der Waals surface area (Å²) in [5.41, 5.74) is 0.918. The molecule has 0 fully saturated rings. The molecule has 4 nitrogen and oxygen atoms in total. The van der Waals surface area contributed by atoms with Crippen molar-refractivity contribution in [2.24, 2.45) is 0 Å². The van der Waals surface area contributed by atoms with Crippen LogP contribution in [-0.2, 0) is 6.54 Å². The second-order valence-corrected chi connectivity index (χ2v) is 5.32. The first-order chi connectivity index (χ1) is 9.18. The molecule has 1 aromatic carbocycles. The standard InChI is InChI=1S/C15H23N3O/c1-3-9-16-15(2,12-19)8-10-18-14-7-5-4-6-13(14)11-17-18/h4-7,11,16,19H,3,8-10,12H2,1-2H3. The van der Waals surface area contributed by atoms with E-state index in [1.165, 1.54) is 0 Å². The summed E-state index contributed by atoms with van der Waals surface area (Å²) in [6.07, 6.45) is 3.82. The number of hydrogen-bond donors (Lipinski definition) is 2. The zero-order valence-corrected chi connectivity index (χ0v) is 11.8. The highest BCUT2D eigenvalue weighted by Crippen LogP contribution is 2.16. The van der Waals surface area contributed by atoms with E-state index in [0.717, 1.165) is 36.8 Å².